The fourth-order valence-electron chi connectivity index (χ4n) is 8.73. The summed E-state index contributed by atoms with van der Waals surface area (Å²) in [5.41, 5.74) is 0.124. The van der Waals surface area contributed by atoms with E-state index in [2.05, 4.69) is 45.6 Å². The topological polar surface area (TPSA) is 81.1 Å². The van der Waals surface area contributed by atoms with Crippen LogP contribution in [0.4, 0.5) is 14.6 Å². The zero-order valence-corrected chi connectivity index (χ0v) is 30.1. The summed E-state index contributed by atoms with van der Waals surface area (Å²) in [6.45, 7) is 5.76. The Morgan fingerprint density at radius 1 is 1.12 bits per heavy atom. The van der Waals surface area contributed by atoms with Crippen molar-refractivity contribution >= 4 is 39.1 Å². The number of ether oxygens (including phenoxy) is 1. The molecule has 4 aromatic rings. The summed E-state index contributed by atoms with van der Waals surface area (Å²) in [4.78, 5) is 22.5. The molecule has 1 unspecified atom stereocenters. The van der Waals surface area contributed by atoms with Crippen molar-refractivity contribution in [2.24, 2.45) is 0 Å². The lowest BCUT2D eigenvalue weighted by Gasteiger charge is -2.31. The van der Waals surface area contributed by atoms with Crippen LogP contribution >= 0.6 is 11.6 Å². The van der Waals surface area contributed by atoms with Gasteiger partial charge in [0.15, 0.2) is 12.0 Å². The highest BCUT2D eigenvalue weighted by atomic mass is 35.5. The molecule has 4 aliphatic heterocycles. The Bertz CT molecular complexity index is 2040. The molecule has 4 saturated heterocycles. The predicted octanol–water partition coefficient (Wildman–Crippen LogP) is 5.91. The van der Waals surface area contributed by atoms with Crippen LogP contribution in [0.5, 0.6) is 6.01 Å². The molecular formula is C39H44ClF2N7O2. The normalized spacial score (nSPS) is 27.6. The molecule has 2 aromatic carbocycles. The minimum atomic E-state index is -0.904. The number of alkyl halides is 1. The molecule has 2 aromatic heterocycles. The van der Waals surface area contributed by atoms with Crippen LogP contribution < -0.4 is 9.64 Å². The second-order valence-electron chi connectivity index (χ2n) is 15.0. The minimum absolute atomic E-state index is 0.0366. The van der Waals surface area contributed by atoms with Crippen LogP contribution in [0.3, 0.4) is 0 Å². The first-order chi connectivity index (χ1) is 24.5. The highest BCUT2D eigenvalue weighted by Crippen LogP contribution is 2.41. The standard InChI is InChI=1S/C39H44ClF2N7O2/c1-38(14-6-17-46(38)2)16-12-31(50)48-19-13-27(23-48)47(3)36-29-21-43-34(28-10-4-8-25-9-5-11-30(40)32(25)28)33(42)35(29)44-37(45-36)51-24-39-15-7-18-49(39)22-26(41)20-39/h4-5,8-11,21,26-27,31,50H,6-7,13-15,17-20,22-24H2,1-3H3/t26-,27-,31?,38+,39+/m1/s1. The Hall–Kier alpha value is -3.66. The van der Waals surface area contributed by atoms with Crippen molar-refractivity contribution in [3.05, 3.63) is 53.4 Å². The fraction of sp³-hybridized carbons (Fsp3) is 0.513. The van der Waals surface area contributed by atoms with Gasteiger partial charge in [-0.15, -0.1) is 0 Å². The number of fused-ring (bicyclic) bond motifs is 3. The Morgan fingerprint density at radius 2 is 1.92 bits per heavy atom. The molecular weight excluding hydrogens is 672 g/mol. The summed E-state index contributed by atoms with van der Waals surface area (Å²) in [6.07, 6.45) is 4.83. The summed E-state index contributed by atoms with van der Waals surface area (Å²) in [7, 11) is 4.00. The smallest absolute Gasteiger partial charge is 0.319 e. The van der Waals surface area contributed by atoms with Crippen LogP contribution in [0.15, 0.2) is 42.6 Å². The van der Waals surface area contributed by atoms with Crippen LogP contribution in [-0.2, 0) is 0 Å². The van der Waals surface area contributed by atoms with Crippen LogP contribution in [0.1, 0.15) is 45.4 Å². The highest BCUT2D eigenvalue weighted by Gasteiger charge is 2.49. The van der Waals surface area contributed by atoms with Crippen molar-refractivity contribution in [1.82, 2.24) is 29.7 Å². The first-order valence-electron chi connectivity index (χ1n) is 18.0. The number of pyridine rings is 1. The SMILES string of the molecule is CN(c1nc(OC[C@@]23CCCN2C[C@H](F)C3)nc2c(F)c(-c3cccc4cccc(Cl)c34)ncc12)[C@@H]1CCN(C(O)C#C[C@]2(C)CCCN2C)C1. The molecule has 1 N–H and O–H groups in total. The number of aliphatic hydroxyl groups excluding tert-OH is 1. The van der Waals surface area contributed by atoms with E-state index in [4.69, 9.17) is 21.3 Å². The van der Waals surface area contributed by atoms with E-state index >= 15 is 4.39 Å². The van der Waals surface area contributed by atoms with Gasteiger partial charge in [-0.05, 0) is 70.6 Å². The number of aliphatic hydroxyl groups is 1. The van der Waals surface area contributed by atoms with Crippen LogP contribution in [0, 0.1) is 17.7 Å². The second-order valence-corrected chi connectivity index (χ2v) is 15.4. The van der Waals surface area contributed by atoms with E-state index < -0.39 is 23.8 Å². The van der Waals surface area contributed by atoms with Crippen LogP contribution in [0.2, 0.25) is 5.02 Å². The van der Waals surface area contributed by atoms with E-state index in [1.165, 1.54) is 0 Å². The van der Waals surface area contributed by atoms with Crippen LogP contribution in [-0.4, -0.2) is 118 Å². The maximum Gasteiger partial charge on any atom is 0.319 e. The number of halogens is 3. The molecule has 8 rings (SSSR count). The molecule has 0 saturated carbocycles. The number of hydrogen-bond donors (Lipinski definition) is 1. The van der Waals surface area contributed by atoms with Crippen LogP contribution in [0.25, 0.3) is 32.9 Å². The molecule has 0 spiro atoms. The Kier molecular flexibility index (Phi) is 9.04. The number of rotatable bonds is 7. The zero-order chi connectivity index (χ0) is 35.5. The van der Waals surface area contributed by atoms with Gasteiger partial charge in [0.1, 0.15) is 29.8 Å². The number of hydrogen-bond acceptors (Lipinski definition) is 9. The summed E-state index contributed by atoms with van der Waals surface area (Å²) in [5.74, 6) is 6.32. The van der Waals surface area contributed by atoms with E-state index in [-0.39, 0.29) is 35.4 Å². The largest absolute Gasteiger partial charge is 0.461 e. The van der Waals surface area contributed by atoms with Crippen molar-refractivity contribution in [3.8, 4) is 29.1 Å². The third-order valence-corrected chi connectivity index (χ3v) is 12.2. The first-order valence-corrected chi connectivity index (χ1v) is 18.4. The minimum Gasteiger partial charge on any atom is -0.461 e. The van der Waals surface area contributed by atoms with Gasteiger partial charge in [-0.25, -0.2) is 8.78 Å². The molecule has 4 fully saturated rings. The quantitative estimate of drug-likeness (QED) is 0.235. The molecule has 9 nitrogen and oxygen atoms in total. The lowest BCUT2D eigenvalue weighted by molar-refractivity contribution is 0.0678. The van der Waals surface area contributed by atoms with Gasteiger partial charge in [-0.3, -0.25) is 19.7 Å². The van der Waals surface area contributed by atoms with Gasteiger partial charge in [0.2, 0.25) is 0 Å². The van der Waals surface area contributed by atoms with Gasteiger partial charge >= 0.3 is 6.01 Å². The number of nitrogens with zero attached hydrogens (tertiary/aromatic N) is 7. The number of likely N-dealkylation sites (N-methyl/N-ethyl adjacent to an activating group) is 1. The molecule has 0 amide bonds. The fourth-order valence-corrected chi connectivity index (χ4v) is 9.01. The van der Waals surface area contributed by atoms with E-state index in [9.17, 15) is 9.50 Å². The summed E-state index contributed by atoms with van der Waals surface area (Å²) in [5, 5.41) is 13.6. The van der Waals surface area contributed by atoms with Crippen molar-refractivity contribution in [2.75, 3.05) is 58.3 Å². The lowest BCUT2D eigenvalue weighted by atomic mass is 9.95. The molecule has 0 bridgehead atoms. The van der Waals surface area contributed by atoms with E-state index in [1.54, 1.807) is 12.3 Å². The van der Waals surface area contributed by atoms with Crippen molar-refractivity contribution < 1.29 is 18.6 Å². The first kappa shape index (κ1) is 34.4. The Balaban J connectivity index is 1.14. The highest BCUT2D eigenvalue weighted by molar-refractivity contribution is 6.36. The van der Waals surface area contributed by atoms with Gasteiger partial charge in [-0.1, -0.05) is 53.8 Å². The van der Waals surface area contributed by atoms with Crippen molar-refractivity contribution in [2.45, 2.75) is 75.0 Å². The molecule has 4 aliphatic rings. The van der Waals surface area contributed by atoms with Gasteiger partial charge < -0.3 is 14.7 Å². The van der Waals surface area contributed by atoms with Gasteiger partial charge in [0.25, 0.3) is 0 Å². The monoisotopic (exact) mass is 715 g/mol. The third-order valence-electron chi connectivity index (χ3n) is 11.9. The maximum atomic E-state index is 16.9. The third kappa shape index (κ3) is 6.19. The number of anilines is 1. The van der Waals surface area contributed by atoms with E-state index in [1.807, 2.05) is 47.2 Å². The van der Waals surface area contributed by atoms with E-state index in [0.717, 1.165) is 50.6 Å². The van der Waals surface area contributed by atoms with Gasteiger partial charge in [0.05, 0.1) is 16.5 Å². The molecule has 5 atom stereocenters. The average molecular weight is 716 g/mol. The Labute approximate surface area is 302 Å². The maximum absolute atomic E-state index is 16.9. The predicted molar refractivity (Wildman–Crippen MR) is 196 cm³/mol. The summed E-state index contributed by atoms with van der Waals surface area (Å²) < 4.78 is 37.8. The number of likely N-dealkylation sites (tertiary alicyclic amines) is 2. The molecule has 6 heterocycles. The molecule has 12 heteroatoms. The Morgan fingerprint density at radius 3 is 2.73 bits per heavy atom. The molecule has 268 valence electrons. The number of benzene rings is 2. The van der Waals surface area contributed by atoms with E-state index in [0.29, 0.717) is 53.2 Å². The van der Waals surface area contributed by atoms with Gasteiger partial charge in [-0.2, -0.15) is 9.97 Å². The average Bonchev–Trinajstić information content (AvgIpc) is 3.90. The van der Waals surface area contributed by atoms with Crippen molar-refractivity contribution in [1.29, 1.82) is 0 Å². The molecule has 51 heavy (non-hydrogen) atoms. The zero-order valence-electron chi connectivity index (χ0n) is 29.4. The molecule has 0 radical (unpaired) electrons. The second kappa shape index (κ2) is 13.4. The van der Waals surface area contributed by atoms with Gasteiger partial charge in [0, 0.05) is 61.3 Å². The number of aromatic nitrogens is 3. The summed E-state index contributed by atoms with van der Waals surface area (Å²) >= 11 is 6.64. The van der Waals surface area contributed by atoms with Crippen molar-refractivity contribution in [3.63, 3.8) is 0 Å². The summed E-state index contributed by atoms with van der Waals surface area (Å²) in [6, 6.07) is 11.2. The lowest BCUT2D eigenvalue weighted by Crippen LogP contribution is -2.43. The molecule has 0 aliphatic carbocycles.